The van der Waals surface area contributed by atoms with E-state index in [0.717, 1.165) is 41.5 Å². The molecule has 4 nitrogen and oxygen atoms in total. The molecule has 0 atom stereocenters. The molecule has 0 aromatic carbocycles. The Morgan fingerprint density at radius 1 is 1.44 bits per heavy atom. The van der Waals surface area contributed by atoms with Crippen molar-refractivity contribution in [1.29, 1.82) is 0 Å². The summed E-state index contributed by atoms with van der Waals surface area (Å²) in [6.45, 7) is 1.90. The molecule has 88 valence electrons. The summed E-state index contributed by atoms with van der Waals surface area (Å²) in [6, 6.07) is 4.16. The Morgan fingerprint density at radius 3 is 2.75 bits per heavy atom. The third-order valence-corrected chi connectivity index (χ3v) is 4.25. The summed E-state index contributed by atoms with van der Waals surface area (Å²) >= 11 is 0. The third kappa shape index (κ3) is 2.72. The topological polar surface area (TPSA) is 68.0 Å². The van der Waals surface area contributed by atoms with Gasteiger partial charge in [-0.05, 0) is 31.9 Å². The number of aryl methyl sites for hydroxylation is 1. The van der Waals surface area contributed by atoms with Crippen molar-refractivity contribution in [1.82, 2.24) is 4.98 Å². The van der Waals surface area contributed by atoms with Gasteiger partial charge in [0.05, 0.1) is 11.4 Å². The molecule has 0 spiro atoms. The van der Waals surface area contributed by atoms with Crippen LogP contribution in [0.25, 0.3) is 0 Å². The van der Waals surface area contributed by atoms with Crippen LogP contribution >= 0.6 is 0 Å². The van der Waals surface area contributed by atoms with Gasteiger partial charge in [0.15, 0.2) is 0 Å². The minimum absolute atomic E-state index is 0.397. The Kier molecular flexibility index (Phi) is 3.43. The summed E-state index contributed by atoms with van der Waals surface area (Å²) in [5.41, 5.74) is 7.28. The van der Waals surface area contributed by atoms with Gasteiger partial charge in [-0.15, -0.1) is 0 Å². The molecule has 2 heterocycles. The number of hydrogen-bond donors (Lipinski definition) is 2. The average molecular weight is 239 g/mol. The fraction of sp³-hybridized carbons (Fsp3) is 0.545. The zero-order chi connectivity index (χ0) is 11.5. The van der Waals surface area contributed by atoms with Gasteiger partial charge in [0.1, 0.15) is 5.82 Å². The highest BCUT2D eigenvalue weighted by molar-refractivity contribution is 7.85. The molecule has 0 aliphatic carbocycles. The maximum atomic E-state index is 11.2. The molecule has 2 rings (SSSR count). The van der Waals surface area contributed by atoms with Crippen molar-refractivity contribution in [3.05, 3.63) is 17.8 Å². The van der Waals surface area contributed by atoms with Crippen LogP contribution in [-0.4, -0.2) is 26.7 Å². The van der Waals surface area contributed by atoms with E-state index in [4.69, 9.17) is 5.73 Å². The molecule has 5 heteroatoms. The number of aromatic nitrogens is 1. The number of hydrogen-bond acceptors (Lipinski definition) is 4. The van der Waals surface area contributed by atoms with Crippen LogP contribution in [0.5, 0.6) is 0 Å². The van der Waals surface area contributed by atoms with Crippen molar-refractivity contribution in [3.8, 4) is 0 Å². The molecule has 1 fully saturated rings. The summed E-state index contributed by atoms with van der Waals surface area (Å²) < 4.78 is 11.2. The maximum absolute atomic E-state index is 11.2. The van der Waals surface area contributed by atoms with Crippen LogP contribution in [0.1, 0.15) is 18.5 Å². The van der Waals surface area contributed by atoms with Crippen LogP contribution in [0.4, 0.5) is 11.5 Å². The fourth-order valence-electron chi connectivity index (χ4n) is 1.80. The largest absolute Gasteiger partial charge is 0.397 e. The maximum Gasteiger partial charge on any atom is 0.126 e. The average Bonchev–Trinajstić information content (AvgIpc) is 2.27. The molecule has 0 bridgehead atoms. The van der Waals surface area contributed by atoms with E-state index in [2.05, 4.69) is 10.3 Å². The fourth-order valence-corrected chi connectivity index (χ4v) is 3.10. The lowest BCUT2D eigenvalue weighted by molar-refractivity contribution is 0.622. The summed E-state index contributed by atoms with van der Waals surface area (Å²) in [5, 5.41) is 3.37. The van der Waals surface area contributed by atoms with E-state index in [9.17, 15) is 4.21 Å². The minimum atomic E-state index is -0.607. The Balaban J connectivity index is 1.98. The van der Waals surface area contributed by atoms with Crippen molar-refractivity contribution in [2.45, 2.75) is 25.8 Å². The lowest BCUT2D eigenvalue weighted by atomic mass is 10.1. The van der Waals surface area contributed by atoms with Crippen LogP contribution in [0.15, 0.2) is 12.1 Å². The monoisotopic (exact) mass is 239 g/mol. The molecular weight excluding hydrogens is 222 g/mol. The second kappa shape index (κ2) is 4.82. The first-order chi connectivity index (χ1) is 7.65. The lowest BCUT2D eigenvalue weighted by Crippen LogP contribution is -2.29. The van der Waals surface area contributed by atoms with E-state index in [0.29, 0.717) is 6.04 Å². The van der Waals surface area contributed by atoms with Crippen LogP contribution in [0, 0.1) is 6.92 Å². The van der Waals surface area contributed by atoms with E-state index < -0.39 is 10.8 Å². The van der Waals surface area contributed by atoms with Crippen LogP contribution in [-0.2, 0) is 10.8 Å². The Bertz CT molecular complexity index is 398. The molecular formula is C11H17N3OS. The van der Waals surface area contributed by atoms with Gasteiger partial charge in [0, 0.05) is 28.3 Å². The molecule has 3 N–H and O–H groups in total. The van der Waals surface area contributed by atoms with Gasteiger partial charge >= 0.3 is 0 Å². The number of nitrogens with two attached hydrogens (primary N) is 1. The molecule has 1 aromatic rings. The number of pyridine rings is 1. The first kappa shape index (κ1) is 11.4. The molecule has 0 radical (unpaired) electrons. The molecule has 16 heavy (non-hydrogen) atoms. The molecule has 0 saturated carbocycles. The molecule has 0 amide bonds. The van der Waals surface area contributed by atoms with Crippen molar-refractivity contribution in [2.75, 3.05) is 22.6 Å². The number of anilines is 2. The van der Waals surface area contributed by atoms with Gasteiger partial charge in [-0.1, -0.05) is 0 Å². The van der Waals surface area contributed by atoms with E-state index in [1.165, 1.54) is 0 Å². The molecule has 1 aliphatic rings. The Morgan fingerprint density at radius 2 is 2.12 bits per heavy atom. The van der Waals surface area contributed by atoms with Gasteiger partial charge in [0.25, 0.3) is 0 Å². The summed E-state index contributed by atoms with van der Waals surface area (Å²) in [4.78, 5) is 4.37. The van der Waals surface area contributed by atoms with Gasteiger partial charge < -0.3 is 11.1 Å². The van der Waals surface area contributed by atoms with Gasteiger partial charge in [0.2, 0.25) is 0 Å². The summed E-state index contributed by atoms with van der Waals surface area (Å²) in [6.07, 6.45) is 1.91. The van der Waals surface area contributed by atoms with Gasteiger partial charge in [-0.25, -0.2) is 4.98 Å². The van der Waals surface area contributed by atoms with Crippen molar-refractivity contribution >= 4 is 22.3 Å². The van der Waals surface area contributed by atoms with Crippen molar-refractivity contribution in [3.63, 3.8) is 0 Å². The minimum Gasteiger partial charge on any atom is -0.397 e. The Labute approximate surface area is 98.1 Å². The highest BCUT2D eigenvalue weighted by atomic mass is 32.2. The second-order valence-corrected chi connectivity index (χ2v) is 5.83. The standard InChI is InChI=1S/C11H17N3OS/c1-8-10(12)2-3-11(13-8)14-9-4-6-16(15)7-5-9/h2-3,9H,4-7,12H2,1H3,(H,13,14). The second-order valence-electron chi connectivity index (χ2n) is 4.14. The zero-order valence-corrected chi connectivity index (χ0v) is 10.2. The van der Waals surface area contributed by atoms with Crippen LogP contribution < -0.4 is 11.1 Å². The molecule has 1 aromatic heterocycles. The lowest BCUT2D eigenvalue weighted by Gasteiger charge is -2.23. The summed E-state index contributed by atoms with van der Waals surface area (Å²) in [7, 11) is -0.607. The third-order valence-electron chi connectivity index (χ3n) is 2.87. The van der Waals surface area contributed by atoms with Crippen LogP contribution in [0.3, 0.4) is 0 Å². The molecule has 1 aliphatic heterocycles. The first-order valence-electron chi connectivity index (χ1n) is 5.50. The van der Waals surface area contributed by atoms with Gasteiger partial charge in [-0.3, -0.25) is 4.21 Å². The number of nitrogens with zero attached hydrogens (tertiary/aromatic N) is 1. The number of rotatable bonds is 2. The quantitative estimate of drug-likeness (QED) is 0.816. The van der Waals surface area contributed by atoms with E-state index in [1.807, 2.05) is 19.1 Å². The van der Waals surface area contributed by atoms with E-state index >= 15 is 0 Å². The normalized spacial score (nSPS) is 25.3. The SMILES string of the molecule is Cc1nc(NC2CCS(=O)CC2)ccc1N. The summed E-state index contributed by atoms with van der Waals surface area (Å²) in [5.74, 6) is 2.46. The van der Waals surface area contributed by atoms with E-state index in [-0.39, 0.29) is 0 Å². The smallest absolute Gasteiger partial charge is 0.126 e. The van der Waals surface area contributed by atoms with E-state index in [1.54, 1.807) is 0 Å². The van der Waals surface area contributed by atoms with Gasteiger partial charge in [-0.2, -0.15) is 0 Å². The van der Waals surface area contributed by atoms with Crippen molar-refractivity contribution < 1.29 is 4.21 Å². The first-order valence-corrected chi connectivity index (χ1v) is 6.98. The highest BCUT2D eigenvalue weighted by Crippen LogP contribution is 2.17. The number of nitrogen functional groups attached to an aromatic ring is 1. The molecule has 0 unspecified atom stereocenters. The van der Waals surface area contributed by atoms with Crippen LogP contribution in [0.2, 0.25) is 0 Å². The molecule has 1 saturated heterocycles. The zero-order valence-electron chi connectivity index (χ0n) is 9.40. The highest BCUT2D eigenvalue weighted by Gasteiger charge is 2.17. The number of nitrogens with one attached hydrogen (secondary N) is 1. The predicted molar refractivity (Wildman–Crippen MR) is 67.9 cm³/mol. The Hall–Kier alpha value is -1.10. The van der Waals surface area contributed by atoms with Crippen molar-refractivity contribution in [2.24, 2.45) is 0 Å². The predicted octanol–water partition coefficient (Wildman–Crippen LogP) is 1.30.